The summed E-state index contributed by atoms with van der Waals surface area (Å²) in [5.41, 5.74) is 0. The third kappa shape index (κ3) is 2.84. The molecule has 0 fully saturated rings. The summed E-state index contributed by atoms with van der Waals surface area (Å²) in [6.07, 6.45) is 1.67. The molecule has 0 amide bonds. The van der Waals surface area contributed by atoms with E-state index in [9.17, 15) is 8.42 Å². The first kappa shape index (κ1) is 13.7. The van der Waals surface area contributed by atoms with Gasteiger partial charge in [0.05, 0.1) is 6.07 Å². The molecule has 1 rings (SSSR count). The molecule has 94 valence electrons. The van der Waals surface area contributed by atoms with E-state index in [1.807, 2.05) is 6.07 Å². The minimum Gasteiger partial charge on any atom is -0.337 e. The Morgan fingerprint density at radius 3 is 2.65 bits per heavy atom. The summed E-state index contributed by atoms with van der Waals surface area (Å²) in [6, 6.07) is 1.94. The largest absolute Gasteiger partial charge is 0.337 e. The van der Waals surface area contributed by atoms with Crippen LogP contribution in [0.5, 0.6) is 0 Å². The molecule has 0 saturated heterocycles. The first-order chi connectivity index (χ1) is 7.93. The van der Waals surface area contributed by atoms with E-state index in [2.05, 4.69) is 4.98 Å². The molecule has 0 aliphatic heterocycles. The van der Waals surface area contributed by atoms with Crippen molar-refractivity contribution in [1.29, 1.82) is 5.26 Å². The Labute approximate surface area is 102 Å². The molecule has 0 unspecified atom stereocenters. The third-order valence-corrected chi connectivity index (χ3v) is 4.36. The van der Waals surface area contributed by atoms with Gasteiger partial charge in [-0.15, -0.1) is 0 Å². The molecule has 0 spiro atoms. The topological polar surface area (TPSA) is 79.0 Å². The van der Waals surface area contributed by atoms with E-state index < -0.39 is 10.0 Å². The first-order valence-corrected chi connectivity index (χ1v) is 6.74. The van der Waals surface area contributed by atoms with E-state index in [4.69, 9.17) is 5.26 Å². The Kier molecular flexibility index (Phi) is 4.26. The predicted molar refractivity (Wildman–Crippen MR) is 62.6 cm³/mol. The van der Waals surface area contributed by atoms with Crippen LogP contribution in [0.2, 0.25) is 0 Å². The minimum atomic E-state index is -3.57. The number of sulfonamides is 1. The highest BCUT2D eigenvalue weighted by atomic mass is 32.2. The van der Waals surface area contributed by atoms with Crippen LogP contribution in [0.25, 0.3) is 0 Å². The maximum Gasteiger partial charge on any atom is 0.262 e. The number of hydrogen-bond acceptors (Lipinski definition) is 4. The van der Waals surface area contributed by atoms with Gasteiger partial charge in [0.2, 0.25) is 0 Å². The van der Waals surface area contributed by atoms with Crippen molar-refractivity contribution in [3.8, 4) is 6.07 Å². The Bertz CT molecular complexity index is 507. The van der Waals surface area contributed by atoms with Gasteiger partial charge in [-0.3, -0.25) is 0 Å². The van der Waals surface area contributed by atoms with Crippen molar-refractivity contribution in [3.63, 3.8) is 0 Å². The smallest absolute Gasteiger partial charge is 0.262 e. The van der Waals surface area contributed by atoms with Gasteiger partial charge in [-0.25, -0.2) is 13.4 Å². The molecule has 0 N–H and O–H groups in total. The average molecular weight is 256 g/mol. The van der Waals surface area contributed by atoms with Crippen molar-refractivity contribution < 1.29 is 8.42 Å². The Morgan fingerprint density at radius 1 is 1.59 bits per heavy atom. The molecule has 0 saturated carbocycles. The summed E-state index contributed by atoms with van der Waals surface area (Å²) in [5.74, 6) is 0.639. The highest BCUT2D eigenvalue weighted by molar-refractivity contribution is 7.89. The van der Waals surface area contributed by atoms with Gasteiger partial charge in [0.1, 0.15) is 5.82 Å². The molecule has 0 aliphatic carbocycles. The van der Waals surface area contributed by atoms with Gasteiger partial charge in [-0.1, -0.05) is 6.92 Å². The molecule has 0 aromatic carbocycles. The van der Waals surface area contributed by atoms with Crippen molar-refractivity contribution >= 4 is 10.0 Å². The van der Waals surface area contributed by atoms with E-state index in [1.54, 1.807) is 25.5 Å². The lowest BCUT2D eigenvalue weighted by Crippen LogP contribution is -2.32. The molecule has 0 radical (unpaired) electrons. The Morgan fingerprint density at radius 2 is 2.24 bits per heavy atom. The predicted octanol–water partition coefficient (Wildman–Crippen LogP) is 0.653. The molecule has 0 bridgehead atoms. The number of imidazole rings is 1. The summed E-state index contributed by atoms with van der Waals surface area (Å²) in [6.45, 7) is 4.01. The molecule has 0 aliphatic rings. The second-order valence-corrected chi connectivity index (χ2v) is 5.53. The highest BCUT2D eigenvalue weighted by Crippen LogP contribution is 2.14. The highest BCUT2D eigenvalue weighted by Gasteiger charge is 2.25. The molecule has 7 heteroatoms. The van der Waals surface area contributed by atoms with E-state index >= 15 is 0 Å². The lowest BCUT2D eigenvalue weighted by molar-refractivity contribution is 0.433. The fourth-order valence-corrected chi connectivity index (χ4v) is 2.88. The van der Waals surface area contributed by atoms with Crippen molar-refractivity contribution in [2.75, 3.05) is 13.1 Å². The van der Waals surface area contributed by atoms with E-state index in [0.717, 1.165) is 0 Å². The summed E-state index contributed by atoms with van der Waals surface area (Å²) < 4.78 is 27.3. The van der Waals surface area contributed by atoms with Crippen LogP contribution >= 0.6 is 0 Å². The monoisotopic (exact) mass is 256 g/mol. The fourth-order valence-electron chi connectivity index (χ4n) is 1.41. The normalized spacial score (nSPS) is 11.7. The number of rotatable bonds is 5. The fraction of sp³-hybridized carbons (Fsp3) is 0.600. The van der Waals surface area contributed by atoms with Crippen LogP contribution in [0.4, 0.5) is 0 Å². The third-order valence-electron chi connectivity index (χ3n) is 2.52. The number of aromatic nitrogens is 2. The standard InChI is InChI=1S/C10H16N4O2S/c1-4-14(7-5-6-11)17(15,16)10-8-13(3)9(2)12-10/h8H,4-5,7H2,1-3H3. The quantitative estimate of drug-likeness (QED) is 0.775. The molecular weight excluding hydrogens is 240 g/mol. The zero-order valence-corrected chi connectivity index (χ0v) is 11.0. The van der Waals surface area contributed by atoms with E-state index in [0.29, 0.717) is 12.4 Å². The Balaban J connectivity index is 3.05. The summed E-state index contributed by atoms with van der Waals surface area (Å²) >= 11 is 0. The van der Waals surface area contributed by atoms with Crippen molar-refractivity contribution in [1.82, 2.24) is 13.9 Å². The molecule has 6 nitrogen and oxygen atoms in total. The summed E-state index contributed by atoms with van der Waals surface area (Å²) in [5, 5.41) is 8.54. The zero-order chi connectivity index (χ0) is 13.1. The lowest BCUT2D eigenvalue weighted by atomic mass is 10.5. The van der Waals surface area contributed by atoms with Crippen LogP contribution in [-0.4, -0.2) is 35.4 Å². The van der Waals surface area contributed by atoms with E-state index in [1.165, 1.54) is 10.5 Å². The van der Waals surface area contributed by atoms with Gasteiger partial charge in [0.25, 0.3) is 10.0 Å². The number of nitrogens with zero attached hydrogens (tertiary/aromatic N) is 4. The average Bonchev–Trinajstić information content (AvgIpc) is 2.61. The molecule has 0 atom stereocenters. The molecule has 1 aromatic heterocycles. The second kappa shape index (κ2) is 5.29. The van der Waals surface area contributed by atoms with Gasteiger partial charge in [-0.05, 0) is 6.92 Å². The summed E-state index contributed by atoms with van der Waals surface area (Å²) in [7, 11) is -1.83. The molecule has 1 heterocycles. The molecular formula is C10H16N4O2S. The second-order valence-electron chi connectivity index (χ2n) is 3.64. The van der Waals surface area contributed by atoms with Crippen molar-refractivity contribution in [3.05, 3.63) is 12.0 Å². The van der Waals surface area contributed by atoms with Crippen LogP contribution in [0.1, 0.15) is 19.2 Å². The van der Waals surface area contributed by atoms with Crippen LogP contribution < -0.4 is 0 Å². The van der Waals surface area contributed by atoms with Gasteiger partial charge in [-0.2, -0.15) is 9.57 Å². The van der Waals surface area contributed by atoms with Crippen LogP contribution in [0, 0.1) is 18.3 Å². The number of hydrogen-bond donors (Lipinski definition) is 0. The van der Waals surface area contributed by atoms with Gasteiger partial charge < -0.3 is 4.57 Å². The first-order valence-electron chi connectivity index (χ1n) is 5.30. The number of nitriles is 1. The number of aryl methyl sites for hydroxylation is 2. The molecule has 1 aromatic rings. The van der Waals surface area contributed by atoms with Gasteiger partial charge in [0.15, 0.2) is 5.03 Å². The van der Waals surface area contributed by atoms with Gasteiger partial charge in [0, 0.05) is 32.8 Å². The molecule has 17 heavy (non-hydrogen) atoms. The maximum absolute atomic E-state index is 12.2. The zero-order valence-electron chi connectivity index (χ0n) is 10.2. The lowest BCUT2D eigenvalue weighted by Gasteiger charge is -2.17. The maximum atomic E-state index is 12.2. The van der Waals surface area contributed by atoms with E-state index in [-0.39, 0.29) is 18.0 Å². The van der Waals surface area contributed by atoms with Crippen LogP contribution in [0.15, 0.2) is 11.2 Å². The summed E-state index contributed by atoms with van der Waals surface area (Å²) in [4.78, 5) is 4.01. The SMILES string of the molecule is CCN(CCC#N)S(=O)(=O)c1cn(C)c(C)n1. The minimum absolute atomic E-state index is 0.0392. The van der Waals surface area contributed by atoms with Crippen LogP contribution in [0.3, 0.4) is 0 Å². The van der Waals surface area contributed by atoms with Crippen LogP contribution in [-0.2, 0) is 17.1 Å². The van der Waals surface area contributed by atoms with Gasteiger partial charge >= 0.3 is 0 Å². The Hall–Kier alpha value is -1.39. The van der Waals surface area contributed by atoms with Crippen molar-refractivity contribution in [2.24, 2.45) is 7.05 Å². The van der Waals surface area contributed by atoms with Crippen molar-refractivity contribution in [2.45, 2.75) is 25.3 Å².